The number of nitriles is 1. The summed E-state index contributed by atoms with van der Waals surface area (Å²) in [5.74, 6) is 0.627. The highest BCUT2D eigenvalue weighted by molar-refractivity contribution is 9.10. The molecule has 0 fully saturated rings. The van der Waals surface area contributed by atoms with E-state index in [1.165, 1.54) is 0 Å². The standard InChI is InChI=1S/C14H17BrN2O2/c1-2-13(15)14(18)17-11-6-5-7-12(10-11)19-9-4-3-8-16/h5-7,10,13H,2-4,9H2,1H3,(H,17,18). The summed E-state index contributed by atoms with van der Waals surface area (Å²) in [7, 11) is 0. The first-order valence-corrected chi connectivity index (χ1v) is 7.13. The average molecular weight is 325 g/mol. The van der Waals surface area contributed by atoms with Crippen molar-refractivity contribution in [3.63, 3.8) is 0 Å². The number of nitrogens with zero attached hydrogens (tertiary/aromatic N) is 1. The van der Waals surface area contributed by atoms with Crippen molar-refractivity contribution in [3.8, 4) is 11.8 Å². The predicted octanol–water partition coefficient (Wildman–Crippen LogP) is 3.48. The normalized spacial score (nSPS) is 11.4. The summed E-state index contributed by atoms with van der Waals surface area (Å²) in [6, 6.07) is 9.31. The Bertz CT molecular complexity index is 457. The van der Waals surface area contributed by atoms with Gasteiger partial charge in [0.2, 0.25) is 5.91 Å². The molecule has 5 heteroatoms. The first-order chi connectivity index (χ1) is 9.17. The number of rotatable bonds is 7. The summed E-state index contributed by atoms with van der Waals surface area (Å²) in [6.45, 7) is 2.44. The molecule has 1 rings (SSSR count). The molecule has 4 nitrogen and oxygen atoms in total. The molecule has 0 aliphatic rings. The molecule has 19 heavy (non-hydrogen) atoms. The number of benzene rings is 1. The minimum absolute atomic E-state index is 0.0656. The lowest BCUT2D eigenvalue weighted by molar-refractivity contribution is -0.115. The SMILES string of the molecule is CCC(Br)C(=O)Nc1cccc(OCCCC#N)c1. The van der Waals surface area contributed by atoms with Gasteiger partial charge in [-0.2, -0.15) is 5.26 Å². The van der Waals surface area contributed by atoms with Crippen molar-refractivity contribution in [2.24, 2.45) is 0 Å². The number of hydrogen-bond acceptors (Lipinski definition) is 3. The van der Waals surface area contributed by atoms with Crippen LogP contribution in [0.15, 0.2) is 24.3 Å². The van der Waals surface area contributed by atoms with E-state index >= 15 is 0 Å². The fourth-order valence-corrected chi connectivity index (χ4v) is 1.53. The summed E-state index contributed by atoms with van der Waals surface area (Å²) in [5.41, 5.74) is 0.709. The van der Waals surface area contributed by atoms with Gasteiger partial charge < -0.3 is 10.1 Å². The quantitative estimate of drug-likeness (QED) is 0.617. The second kappa shape index (κ2) is 8.54. The van der Waals surface area contributed by atoms with E-state index in [4.69, 9.17) is 10.00 Å². The minimum Gasteiger partial charge on any atom is -0.493 e. The molecule has 1 atom stereocenters. The van der Waals surface area contributed by atoms with Crippen molar-refractivity contribution < 1.29 is 9.53 Å². The molecule has 0 heterocycles. The number of unbranched alkanes of at least 4 members (excludes halogenated alkanes) is 1. The average Bonchev–Trinajstić information content (AvgIpc) is 2.43. The van der Waals surface area contributed by atoms with Gasteiger partial charge in [0.05, 0.1) is 17.5 Å². The highest BCUT2D eigenvalue weighted by Gasteiger charge is 2.12. The van der Waals surface area contributed by atoms with Crippen molar-refractivity contribution in [3.05, 3.63) is 24.3 Å². The van der Waals surface area contributed by atoms with Gasteiger partial charge in [0.1, 0.15) is 5.75 Å². The molecule has 0 aliphatic heterocycles. The Morgan fingerprint density at radius 3 is 3.05 bits per heavy atom. The third kappa shape index (κ3) is 5.75. The predicted molar refractivity (Wildman–Crippen MR) is 78.4 cm³/mol. The van der Waals surface area contributed by atoms with E-state index in [1.807, 2.05) is 25.1 Å². The van der Waals surface area contributed by atoms with Crippen LogP contribution < -0.4 is 10.1 Å². The van der Waals surface area contributed by atoms with Gasteiger partial charge in [0.25, 0.3) is 0 Å². The second-order valence-corrected chi connectivity index (χ2v) is 5.11. The Labute approximate surface area is 121 Å². The minimum atomic E-state index is -0.187. The van der Waals surface area contributed by atoms with Crippen LogP contribution in [0.2, 0.25) is 0 Å². The molecule has 1 amide bonds. The van der Waals surface area contributed by atoms with Crippen LogP contribution in [-0.4, -0.2) is 17.3 Å². The van der Waals surface area contributed by atoms with Crippen molar-refractivity contribution in [2.75, 3.05) is 11.9 Å². The zero-order valence-corrected chi connectivity index (χ0v) is 12.4. The van der Waals surface area contributed by atoms with E-state index in [-0.39, 0.29) is 10.7 Å². The van der Waals surface area contributed by atoms with Gasteiger partial charge in [0.15, 0.2) is 0 Å². The highest BCUT2D eigenvalue weighted by Crippen LogP contribution is 2.19. The fraction of sp³-hybridized carbons (Fsp3) is 0.429. The van der Waals surface area contributed by atoms with Gasteiger partial charge in [-0.1, -0.05) is 28.9 Å². The first kappa shape index (κ1) is 15.5. The lowest BCUT2D eigenvalue weighted by atomic mass is 10.2. The maximum atomic E-state index is 11.7. The van der Waals surface area contributed by atoms with Crippen molar-refractivity contribution in [1.82, 2.24) is 0 Å². The maximum Gasteiger partial charge on any atom is 0.238 e. The molecule has 0 radical (unpaired) electrons. The van der Waals surface area contributed by atoms with E-state index < -0.39 is 0 Å². The van der Waals surface area contributed by atoms with Gasteiger partial charge in [0, 0.05) is 18.2 Å². The van der Waals surface area contributed by atoms with E-state index in [9.17, 15) is 4.79 Å². The highest BCUT2D eigenvalue weighted by atomic mass is 79.9. The molecule has 0 spiro atoms. The number of halogens is 1. The molecule has 102 valence electrons. The van der Waals surface area contributed by atoms with Crippen molar-refractivity contribution in [2.45, 2.75) is 31.0 Å². The molecule has 1 aromatic carbocycles. The Hall–Kier alpha value is -1.54. The van der Waals surface area contributed by atoms with Gasteiger partial charge in [-0.15, -0.1) is 0 Å². The van der Waals surface area contributed by atoms with Gasteiger partial charge in [-0.25, -0.2) is 0 Å². The summed E-state index contributed by atoms with van der Waals surface area (Å²) < 4.78 is 5.50. The van der Waals surface area contributed by atoms with Gasteiger partial charge in [-0.3, -0.25) is 4.79 Å². The zero-order chi connectivity index (χ0) is 14.1. The summed E-state index contributed by atoms with van der Waals surface area (Å²) in [5, 5.41) is 11.2. The topological polar surface area (TPSA) is 62.1 Å². The molecule has 0 bridgehead atoms. The van der Waals surface area contributed by atoms with Crippen LogP contribution >= 0.6 is 15.9 Å². The van der Waals surface area contributed by atoms with Crippen LogP contribution in [0.1, 0.15) is 26.2 Å². The Morgan fingerprint density at radius 2 is 2.37 bits per heavy atom. The molecule has 0 saturated heterocycles. The van der Waals surface area contributed by atoms with E-state index in [0.29, 0.717) is 30.9 Å². The molecular formula is C14H17BrN2O2. The van der Waals surface area contributed by atoms with Crippen LogP contribution in [0.5, 0.6) is 5.75 Å². The van der Waals surface area contributed by atoms with E-state index in [1.54, 1.807) is 6.07 Å². The third-order valence-electron chi connectivity index (χ3n) is 2.45. The molecule has 1 unspecified atom stereocenters. The number of nitrogens with one attached hydrogen (secondary N) is 1. The number of anilines is 1. The largest absolute Gasteiger partial charge is 0.493 e. The van der Waals surface area contributed by atoms with E-state index in [2.05, 4.69) is 27.3 Å². The molecular weight excluding hydrogens is 308 g/mol. The number of carbonyl (C=O) groups is 1. The van der Waals surface area contributed by atoms with E-state index in [0.717, 1.165) is 6.42 Å². The first-order valence-electron chi connectivity index (χ1n) is 6.22. The Kier molecular flexibility index (Phi) is 6.98. The zero-order valence-electron chi connectivity index (χ0n) is 10.9. The smallest absolute Gasteiger partial charge is 0.238 e. The van der Waals surface area contributed by atoms with Crippen LogP contribution in [0, 0.1) is 11.3 Å². The van der Waals surface area contributed by atoms with Crippen LogP contribution in [0.4, 0.5) is 5.69 Å². The monoisotopic (exact) mass is 324 g/mol. The summed E-state index contributed by atoms with van der Waals surface area (Å²) in [6.07, 6.45) is 1.92. The summed E-state index contributed by atoms with van der Waals surface area (Å²) >= 11 is 3.30. The van der Waals surface area contributed by atoms with Crippen LogP contribution in [0.3, 0.4) is 0 Å². The lowest BCUT2D eigenvalue weighted by Gasteiger charge is -2.10. The number of amides is 1. The lowest BCUT2D eigenvalue weighted by Crippen LogP contribution is -2.21. The number of hydrogen-bond donors (Lipinski definition) is 1. The Morgan fingerprint density at radius 1 is 1.58 bits per heavy atom. The fourth-order valence-electron chi connectivity index (χ4n) is 1.41. The third-order valence-corrected chi connectivity index (χ3v) is 3.51. The molecule has 0 aliphatic carbocycles. The van der Waals surface area contributed by atoms with Gasteiger partial charge in [-0.05, 0) is 25.0 Å². The molecule has 1 N–H and O–H groups in total. The number of carbonyl (C=O) groups excluding carboxylic acids is 1. The summed E-state index contributed by atoms with van der Waals surface area (Å²) in [4.78, 5) is 11.5. The number of ether oxygens (including phenoxy) is 1. The van der Waals surface area contributed by atoms with Crippen molar-refractivity contribution in [1.29, 1.82) is 5.26 Å². The maximum absolute atomic E-state index is 11.7. The molecule has 0 aromatic heterocycles. The van der Waals surface area contributed by atoms with Gasteiger partial charge >= 0.3 is 0 Å². The molecule has 0 saturated carbocycles. The van der Waals surface area contributed by atoms with Crippen LogP contribution in [-0.2, 0) is 4.79 Å². The number of alkyl halides is 1. The second-order valence-electron chi connectivity index (χ2n) is 4.00. The van der Waals surface area contributed by atoms with Crippen LogP contribution in [0.25, 0.3) is 0 Å². The van der Waals surface area contributed by atoms with Crippen molar-refractivity contribution >= 4 is 27.5 Å². The molecule has 1 aromatic rings. The Balaban J connectivity index is 2.52.